The molecule has 1 unspecified atom stereocenters. The first-order valence-corrected chi connectivity index (χ1v) is 15.6. The lowest BCUT2D eigenvalue weighted by molar-refractivity contribution is -0.896. The number of nitrogens with one attached hydrogen (secondary N) is 2. The number of likely N-dealkylation sites (tertiary alicyclic amines) is 1. The van der Waals surface area contributed by atoms with Crippen molar-refractivity contribution < 1.29 is 28.9 Å². The fourth-order valence-corrected chi connectivity index (χ4v) is 8.85. The van der Waals surface area contributed by atoms with Crippen molar-refractivity contribution in [2.45, 2.75) is 74.7 Å². The minimum atomic E-state index is -2.09. The van der Waals surface area contributed by atoms with Crippen LogP contribution >= 0.6 is 0 Å². The standard InChI is InChI=1S/C33H37N5O6/c1-32(31(41)37-25(14-19-8-4-3-5-9-19)30(40)36-13-7-12-27(36)33(37,42)44-32)35-29(39)21-15-23-22-10-6-11-24-28(22)20(17-34-24)16-26(23)38(2,43)18-21/h3-6,8-11,17,21,23,25-27,34,42H,7,12-16,18H2,1-2H3,(H,35,39)/t21-,23-,25+,26-,27+,32-,33+,38?/m1/s1. The summed E-state index contributed by atoms with van der Waals surface area (Å²) in [6.45, 7) is 1.97. The van der Waals surface area contributed by atoms with Gasteiger partial charge in [0.25, 0.3) is 11.8 Å². The Hall–Kier alpha value is -3.77. The summed E-state index contributed by atoms with van der Waals surface area (Å²) in [7, 11) is 1.63. The number of H-pyrrole nitrogens is 1. The van der Waals surface area contributed by atoms with Gasteiger partial charge in [-0.25, -0.2) is 0 Å². The summed E-state index contributed by atoms with van der Waals surface area (Å²) in [6.07, 6.45) is 4.42. The molecule has 8 rings (SSSR count). The van der Waals surface area contributed by atoms with E-state index in [-0.39, 0.29) is 30.8 Å². The monoisotopic (exact) mass is 599 g/mol. The minimum absolute atomic E-state index is 0.0620. The number of aromatic nitrogens is 1. The van der Waals surface area contributed by atoms with Crippen LogP contribution in [0.4, 0.5) is 0 Å². The Morgan fingerprint density at radius 1 is 1.20 bits per heavy atom. The average Bonchev–Trinajstić information content (AvgIpc) is 3.70. The Kier molecular flexibility index (Phi) is 5.91. The Bertz CT molecular complexity index is 1690. The number of aliphatic hydroxyl groups is 1. The van der Waals surface area contributed by atoms with E-state index in [2.05, 4.69) is 10.3 Å². The van der Waals surface area contributed by atoms with Crippen LogP contribution in [-0.2, 0) is 32.0 Å². The van der Waals surface area contributed by atoms with Gasteiger partial charge in [-0.1, -0.05) is 42.5 Å². The second kappa shape index (κ2) is 9.37. The lowest BCUT2D eigenvalue weighted by atomic mass is 9.72. The molecule has 5 heterocycles. The SMILES string of the molecule is C[C@@]1(NC(=O)[C@@H]2C[C@@H]3c4cccc5[nH]cc(c45)C[C@H]3[N+](C)([O-])C2)O[C@@]2(O)[C@@H]3CCCN3C(=O)[C@H](Cc3ccccc3)N2C1=O. The number of benzene rings is 2. The number of aromatic amines is 1. The van der Waals surface area contributed by atoms with Crippen molar-refractivity contribution >= 4 is 28.6 Å². The summed E-state index contributed by atoms with van der Waals surface area (Å²) in [5.74, 6) is -4.27. The van der Waals surface area contributed by atoms with Crippen LogP contribution in [0.15, 0.2) is 54.7 Å². The second-order valence-corrected chi connectivity index (χ2v) is 13.6. The van der Waals surface area contributed by atoms with E-state index in [0.29, 0.717) is 32.2 Å². The fourth-order valence-electron chi connectivity index (χ4n) is 8.85. The number of hydrogen-bond acceptors (Lipinski definition) is 6. The van der Waals surface area contributed by atoms with Gasteiger partial charge in [-0.2, -0.15) is 0 Å². The van der Waals surface area contributed by atoms with E-state index in [9.17, 15) is 24.7 Å². The third kappa shape index (κ3) is 3.86. The van der Waals surface area contributed by atoms with E-state index >= 15 is 0 Å². The third-order valence-electron chi connectivity index (χ3n) is 10.8. The minimum Gasteiger partial charge on any atom is -0.633 e. The van der Waals surface area contributed by atoms with Gasteiger partial charge in [0.1, 0.15) is 12.1 Å². The highest BCUT2D eigenvalue weighted by Gasteiger charge is 2.70. The predicted molar refractivity (Wildman–Crippen MR) is 159 cm³/mol. The zero-order valence-corrected chi connectivity index (χ0v) is 24.9. The highest BCUT2D eigenvalue weighted by Crippen LogP contribution is 2.48. The normalized spacial score (nSPS) is 37.6. The Morgan fingerprint density at radius 3 is 2.80 bits per heavy atom. The number of piperidine rings is 1. The number of carbonyl (C=O) groups is 3. The lowest BCUT2D eigenvalue weighted by Crippen LogP contribution is -2.71. The molecule has 4 aliphatic heterocycles. The third-order valence-corrected chi connectivity index (χ3v) is 10.8. The van der Waals surface area contributed by atoms with Crippen molar-refractivity contribution in [3.63, 3.8) is 0 Å². The molecule has 3 aromatic rings. The number of rotatable bonds is 4. The molecule has 11 heteroatoms. The first kappa shape index (κ1) is 27.8. The second-order valence-electron chi connectivity index (χ2n) is 13.6. The van der Waals surface area contributed by atoms with Gasteiger partial charge in [-0.15, -0.1) is 0 Å². The molecule has 4 saturated heterocycles. The van der Waals surface area contributed by atoms with E-state index in [1.165, 1.54) is 6.92 Å². The number of likely N-dealkylation sites (N-methyl/N-ethyl adjacent to an activating group) is 1. The van der Waals surface area contributed by atoms with Crippen LogP contribution in [0.1, 0.15) is 48.8 Å². The van der Waals surface area contributed by atoms with Crippen LogP contribution in [0.5, 0.6) is 0 Å². The molecule has 11 nitrogen and oxygen atoms in total. The van der Waals surface area contributed by atoms with Crippen LogP contribution in [-0.4, -0.2) is 92.2 Å². The highest BCUT2D eigenvalue weighted by atomic mass is 16.7. The molecule has 2 aromatic carbocycles. The molecule has 0 spiro atoms. The molecule has 3 N–H and O–H groups in total. The van der Waals surface area contributed by atoms with Gasteiger partial charge >= 0.3 is 0 Å². The van der Waals surface area contributed by atoms with Crippen LogP contribution in [0, 0.1) is 11.1 Å². The molecular weight excluding hydrogens is 562 g/mol. The van der Waals surface area contributed by atoms with Gasteiger partial charge < -0.3 is 30.2 Å². The summed E-state index contributed by atoms with van der Waals surface area (Å²) >= 11 is 0. The molecule has 8 atom stereocenters. The largest absolute Gasteiger partial charge is 0.633 e. The first-order valence-electron chi connectivity index (χ1n) is 15.6. The number of quaternary nitrogens is 1. The first-order chi connectivity index (χ1) is 21.0. The van der Waals surface area contributed by atoms with Crippen molar-refractivity contribution in [1.29, 1.82) is 0 Å². The predicted octanol–water partition coefficient (Wildman–Crippen LogP) is 2.09. The van der Waals surface area contributed by atoms with Crippen molar-refractivity contribution in [3.05, 3.63) is 76.6 Å². The fraction of sp³-hybridized carbons (Fsp3) is 0.485. The Morgan fingerprint density at radius 2 is 2.00 bits per heavy atom. The van der Waals surface area contributed by atoms with E-state index in [0.717, 1.165) is 32.5 Å². The number of nitrogens with zero attached hydrogens (tertiary/aromatic N) is 3. The maximum Gasteiger partial charge on any atom is 0.280 e. The van der Waals surface area contributed by atoms with Gasteiger partial charge in [0, 0.05) is 42.4 Å². The average molecular weight is 600 g/mol. The van der Waals surface area contributed by atoms with Crippen LogP contribution < -0.4 is 5.32 Å². The van der Waals surface area contributed by atoms with Gasteiger partial charge in [-0.3, -0.25) is 24.0 Å². The number of hydrogen-bond donors (Lipinski definition) is 3. The van der Waals surface area contributed by atoms with Crippen molar-refractivity contribution in [1.82, 2.24) is 20.1 Å². The maximum atomic E-state index is 14.2. The smallest absolute Gasteiger partial charge is 0.280 e. The Balaban J connectivity index is 1.09. The van der Waals surface area contributed by atoms with Crippen LogP contribution in [0.2, 0.25) is 0 Å². The molecule has 1 aliphatic carbocycles. The molecule has 3 amide bonds. The van der Waals surface area contributed by atoms with Gasteiger partial charge in [0.15, 0.2) is 0 Å². The number of amides is 3. The zero-order valence-electron chi connectivity index (χ0n) is 24.9. The maximum absolute atomic E-state index is 14.2. The van der Waals surface area contributed by atoms with Crippen molar-refractivity contribution in [2.75, 3.05) is 20.1 Å². The Labute approximate surface area is 254 Å². The lowest BCUT2D eigenvalue weighted by Gasteiger charge is -2.55. The number of fused-ring (bicyclic) bond motifs is 5. The molecule has 0 radical (unpaired) electrons. The van der Waals surface area contributed by atoms with Crippen molar-refractivity contribution in [3.8, 4) is 0 Å². The molecule has 0 bridgehead atoms. The van der Waals surface area contributed by atoms with E-state index in [1.54, 1.807) is 11.9 Å². The summed E-state index contributed by atoms with van der Waals surface area (Å²) < 4.78 is 5.63. The molecule has 44 heavy (non-hydrogen) atoms. The molecule has 0 saturated carbocycles. The molecular formula is C33H37N5O6. The summed E-state index contributed by atoms with van der Waals surface area (Å²) in [5, 5.41) is 30.0. The summed E-state index contributed by atoms with van der Waals surface area (Å²) in [6, 6.07) is 13.4. The van der Waals surface area contributed by atoms with Gasteiger partial charge in [-0.05, 0) is 48.9 Å². The van der Waals surface area contributed by atoms with Crippen LogP contribution in [0.3, 0.4) is 0 Å². The zero-order chi connectivity index (χ0) is 30.6. The topological polar surface area (TPSA) is 138 Å². The molecule has 5 aliphatic rings. The highest BCUT2D eigenvalue weighted by molar-refractivity contribution is 5.97. The van der Waals surface area contributed by atoms with Gasteiger partial charge in [0.05, 0.1) is 25.6 Å². The quantitative estimate of drug-likeness (QED) is 0.310. The number of hydroxylamine groups is 3. The molecule has 230 valence electrons. The van der Waals surface area contributed by atoms with Crippen molar-refractivity contribution in [2.24, 2.45) is 5.92 Å². The number of carbonyl (C=O) groups excluding carboxylic acids is 3. The van der Waals surface area contributed by atoms with Crippen LogP contribution in [0.25, 0.3) is 10.9 Å². The van der Waals surface area contributed by atoms with E-state index in [1.807, 2.05) is 54.7 Å². The number of piperazine rings is 1. The van der Waals surface area contributed by atoms with E-state index < -0.39 is 46.1 Å². The number of ether oxygens (including phenoxy) is 1. The van der Waals surface area contributed by atoms with Gasteiger partial charge in [0.2, 0.25) is 17.5 Å². The molecule has 1 aromatic heterocycles. The summed E-state index contributed by atoms with van der Waals surface area (Å²) in [4.78, 5) is 48.0. The van der Waals surface area contributed by atoms with E-state index in [4.69, 9.17) is 4.74 Å². The molecule has 4 fully saturated rings. The summed E-state index contributed by atoms with van der Waals surface area (Å²) in [5.41, 5.74) is 2.15.